The molecule has 0 radical (unpaired) electrons. The van der Waals surface area contributed by atoms with E-state index in [9.17, 15) is 4.79 Å². The summed E-state index contributed by atoms with van der Waals surface area (Å²) in [6.07, 6.45) is 3.57. The van der Waals surface area contributed by atoms with Gasteiger partial charge in [0.05, 0.1) is 30.1 Å². The van der Waals surface area contributed by atoms with Crippen LogP contribution in [-0.4, -0.2) is 31.9 Å². The van der Waals surface area contributed by atoms with E-state index in [4.69, 9.17) is 20.4 Å². The number of thiophene rings is 1. The zero-order chi connectivity index (χ0) is 20.7. The molecular formula is C21H20N6O2S. The summed E-state index contributed by atoms with van der Waals surface area (Å²) in [4.78, 5) is 27.2. The number of ether oxygens (including phenoxy) is 1. The van der Waals surface area contributed by atoms with Crippen LogP contribution < -0.4 is 15.8 Å². The van der Waals surface area contributed by atoms with E-state index in [0.717, 1.165) is 29.9 Å². The van der Waals surface area contributed by atoms with E-state index in [2.05, 4.69) is 16.4 Å². The molecule has 0 spiro atoms. The monoisotopic (exact) mass is 420 g/mol. The summed E-state index contributed by atoms with van der Waals surface area (Å²) in [6, 6.07) is 7.54. The van der Waals surface area contributed by atoms with Crippen LogP contribution in [0.5, 0.6) is 5.75 Å². The average molecular weight is 420 g/mol. The maximum Gasteiger partial charge on any atom is 0.252 e. The fourth-order valence-corrected chi connectivity index (χ4v) is 4.33. The van der Waals surface area contributed by atoms with Crippen molar-refractivity contribution in [3.05, 3.63) is 57.7 Å². The summed E-state index contributed by atoms with van der Waals surface area (Å²) < 4.78 is 7.72. The van der Waals surface area contributed by atoms with E-state index >= 15 is 0 Å². The van der Waals surface area contributed by atoms with Crippen LogP contribution >= 0.6 is 11.3 Å². The number of hydrogen-bond donors (Lipinski definition) is 2. The lowest BCUT2D eigenvalue weighted by Gasteiger charge is -2.20. The highest BCUT2D eigenvalue weighted by Gasteiger charge is 2.23. The number of imidazole rings is 1. The predicted octanol–water partition coefficient (Wildman–Crippen LogP) is 3.20. The molecule has 152 valence electrons. The SMILES string of the molecule is Cc1nc2c(C(N)=O)cccn2c1-c1nc2c(c(NCc3cccs3)n1)OCCC2. The number of fused-ring (bicyclic) bond motifs is 2. The Kier molecular flexibility index (Phi) is 4.59. The molecule has 5 rings (SSSR count). The Morgan fingerprint density at radius 1 is 1.30 bits per heavy atom. The molecule has 4 aromatic heterocycles. The molecule has 0 fully saturated rings. The number of hydrogen-bond acceptors (Lipinski definition) is 7. The van der Waals surface area contributed by atoms with Crippen LogP contribution in [0, 0.1) is 6.92 Å². The standard InChI is InChI=1S/C21H20N6O2S/c1-12-16(27-8-2-6-14(18(22)28)21(27)24-12)19-25-15-7-3-9-29-17(15)20(26-19)23-11-13-5-4-10-30-13/h2,4-6,8,10H,3,7,9,11H2,1H3,(H2,22,28)(H,23,25,26). The van der Waals surface area contributed by atoms with Crippen LogP contribution in [0.15, 0.2) is 35.8 Å². The first-order valence-electron chi connectivity index (χ1n) is 9.69. The van der Waals surface area contributed by atoms with Gasteiger partial charge in [-0.2, -0.15) is 0 Å². The molecule has 0 bridgehead atoms. The summed E-state index contributed by atoms with van der Waals surface area (Å²) in [5.41, 5.74) is 8.74. The first-order valence-corrected chi connectivity index (χ1v) is 10.6. The van der Waals surface area contributed by atoms with Crippen molar-refractivity contribution < 1.29 is 9.53 Å². The van der Waals surface area contributed by atoms with Crippen LogP contribution in [0.3, 0.4) is 0 Å². The number of aromatic nitrogens is 4. The van der Waals surface area contributed by atoms with Gasteiger partial charge in [-0.15, -0.1) is 11.3 Å². The van der Waals surface area contributed by atoms with Gasteiger partial charge in [-0.05, 0) is 43.3 Å². The fourth-order valence-electron chi connectivity index (χ4n) is 3.68. The third-order valence-electron chi connectivity index (χ3n) is 5.05. The molecule has 0 saturated heterocycles. The van der Waals surface area contributed by atoms with E-state index in [1.54, 1.807) is 23.5 Å². The minimum Gasteiger partial charge on any atom is -0.488 e. The Hall–Kier alpha value is -3.46. The molecule has 1 aliphatic heterocycles. The number of nitrogens with zero attached hydrogens (tertiary/aromatic N) is 4. The minimum atomic E-state index is -0.518. The Morgan fingerprint density at radius 3 is 3.00 bits per heavy atom. The molecule has 0 aromatic carbocycles. The van der Waals surface area contributed by atoms with Gasteiger partial charge < -0.3 is 15.8 Å². The number of carbonyl (C=O) groups excluding carboxylic acids is 1. The van der Waals surface area contributed by atoms with E-state index in [1.165, 1.54) is 4.88 Å². The Balaban J connectivity index is 1.64. The normalized spacial score (nSPS) is 13.1. The summed E-state index contributed by atoms with van der Waals surface area (Å²) in [6.45, 7) is 3.19. The molecule has 5 heterocycles. The van der Waals surface area contributed by atoms with Gasteiger partial charge in [0, 0.05) is 11.1 Å². The fraction of sp³-hybridized carbons (Fsp3) is 0.238. The third kappa shape index (κ3) is 3.17. The van der Waals surface area contributed by atoms with Gasteiger partial charge in [0.1, 0.15) is 11.3 Å². The van der Waals surface area contributed by atoms with Crippen LogP contribution in [0.4, 0.5) is 5.82 Å². The second-order valence-electron chi connectivity index (χ2n) is 7.08. The maximum atomic E-state index is 11.8. The molecule has 9 heteroatoms. The number of primary amides is 1. The van der Waals surface area contributed by atoms with Crippen molar-refractivity contribution in [2.45, 2.75) is 26.3 Å². The highest BCUT2D eigenvalue weighted by molar-refractivity contribution is 7.09. The molecule has 0 aliphatic carbocycles. The van der Waals surface area contributed by atoms with E-state index in [0.29, 0.717) is 41.8 Å². The molecule has 1 aliphatic rings. The molecular weight excluding hydrogens is 400 g/mol. The second kappa shape index (κ2) is 7.42. The van der Waals surface area contributed by atoms with E-state index in [1.807, 2.05) is 29.0 Å². The summed E-state index contributed by atoms with van der Waals surface area (Å²) in [7, 11) is 0. The average Bonchev–Trinajstić information content (AvgIpc) is 3.38. The van der Waals surface area contributed by atoms with Crippen LogP contribution in [-0.2, 0) is 13.0 Å². The zero-order valence-electron chi connectivity index (χ0n) is 16.4. The Labute approximate surface area is 176 Å². The second-order valence-corrected chi connectivity index (χ2v) is 8.11. The molecule has 0 unspecified atom stereocenters. The van der Waals surface area contributed by atoms with Gasteiger partial charge in [-0.25, -0.2) is 15.0 Å². The van der Waals surface area contributed by atoms with E-state index < -0.39 is 5.91 Å². The quantitative estimate of drug-likeness (QED) is 0.513. The largest absolute Gasteiger partial charge is 0.488 e. The lowest BCUT2D eigenvalue weighted by molar-refractivity contribution is 0.100. The highest BCUT2D eigenvalue weighted by atomic mass is 32.1. The molecule has 3 N–H and O–H groups in total. The predicted molar refractivity (Wildman–Crippen MR) is 115 cm³/mol. The first-order chi connectivity index (χ1) is 14.6. The number of amides is 1. The van der Waals surface area contributed by atoms with Gasteiger partial charge in [-0.3, -0.25) is 9.20 Å². The molecule has 0 atom stereocenters. The molecule has 1 amide bonds. The third-order valence-corrected chi connectivity index (χ3v) is 5.93. The summed E-state index contributed by atoms with van der Waals surface area (Å²) in [5.74, 6) is 1.41. The van der Waals surface area contributed by atoms with Crippen molar-refractivity contribution in [2.75, 3.05) is 11.9 Å². The summed E-state index contributed by atoms with van der Waals surface area (Å²) in [5, 5.41) is 5.45. The number of pyridine rings is 1. The van der Waals surface area contributed by atoms with Crippen molar-refractivity contribution in [3.8, 4) is 17.3 Å². The van der Waals surface area contributed by atoms with Gasteiger partial charge in [0.2, 0.25) is 0 Å². The number of carbonyl (C=O) groups is 1. The number of nitrogens with two attached hydrogens (primary N) is 1. The first kappa shape index (κ1) is 18.6. The van der Waals surface area contributed by atoms with E-state index in [-0.39, 0.29) is 0 Å². The molecule has 4 aromatic rings. The van der Waals surface area contributed by atoms with Crippen molar-refractivity contribution in [3.63, 3.8) is 0 Å². The smallest absolute Gasteiger partial charge is 0.252 e. The molecule has 8 nitrogen and oxygen atoms in total. The van der Waals surface area contributed by atoms with Gasteiger partial charge in [-0.1, -0.05) is 6.07 Å². The zero-order valence-corrected chi connectivity index (χ0v) is 17.2. The van der Waals surface area contributed by atoms with Crippen LogP contribution in [0.1, 0.15) is 33.0 Å². The van der Waals surface area contributed by atoms with Crippen molar-refractivity contribution >= 4 is 28.7 Å². The minimum absolute atomic E-state index is 0.365. The van der Waals surface area contributed by atoms with Crippen molar-refractivity contribution in [1.82, 2.24) is 19.4 Å². The number of rotatable bonds is 5. The topological polar surface area (TPSA) is 107 Å². The number of nitrogens with one attached hydrogen (secondary N) is 1. The summed E-state index contributed by atoms with van der Waals surface area (Å²) >= 11 is 1.69. The Morgan fingerprint density at radius 2 is 2.20 bits per heavy atom. The molecule has 0 saturated carbocycles. The maximum absolute atomic E-state index is 11.8. The molecule has 30 heavy (non-hydrogen) atoms. The van der Waals surface area contributed by atoms with Crippen LogP contribution in [0.25, 0.3) is 17.2 Å². The van der Waals surface area contributed by atoms with Crippen molar-refractivity contribution in [1.29, 1.82) is 0 Å². The van der Waals surface area contributed by atoms with Gasteiger partial charge in [0.15, 0.2) is 17.4 Å². The number of anilines is 1. The van der Waals surface area contributed by atoms with Crippen LogP contribution in [0.2, 0.25) is 0 Å². The number of aryl methyl sites for hydroxylation is 2. The Bertz CT molecular complexity index is 1250. The van der Waals surface area contributed by atoms with Crippen molar-refractivity contribution in [2.24, 2.45) is 5.73 Å². The van der Waals surface area contributed by atoms with Gasteiger partial charge in [0.25, 0.3) is 5.91 Å². The lowest BCUT2D eigenvalue weighted by atomic mass is 10.1. The van der Waals surface area contributed by atoms with Gasteiger partial charge >= 0.3 is 0 Å². The highest BCUT2D eigenvalue weighted by Crippen LogP contribution is 2.34. The lowest BCUT2D eigenvalue weighted by Crippen LogP contribution is -2.15.